The molecule has 1 aromatic rings. The van der Waals surface area contributed by atoms with Gasteiger partial charge >= 0.3 is 5.97 Å². The van der Waals surface area contributed by atoms with Gasteiger partial charge in [-0.25, -0.2) is 0 Å². The molecule has 1 aliphatic rings. The summed E-state index contributed by atoms with van der Waals surface area (Å²) in [4.78, 5) is 25.7. The van der Waals surface area contributed by atoms with Crippen LogP contribution in [0.3, 0.4) is 0 Å². The van der Waals surface area contributed by atoms with E-state index in [0.29, 0.717) is 25.7 Å². The molecule has 2 rings (SSSR count). The van der Waals surface area contributed by atoms with Crippen LogP contribution in [-0.2, 0) is 16.0 Å². The van der Waals surface area contributed by atoms with Crippen molar-refractivity contribution in [1.82, 2.24) is 4.90 Å². The van der Waals surface area contributed by atoms with Crippen LogP contribution in [0.4, 0.5) is 0 Å². The van der Waals surface area contributed by atoms with E-state index >= 15 is 0 Å². The van der Waals surface area contributed by atoms with Gasteiger partial charge in [-0.2, -0.15) is 0 Å². The number of amides is 1. The van der Waals surface area contributed by atoms with Gasteiger partial charge in [0.2, 0.25) is 5.91 Å². The Kier molecular flexibility index (Phi) is 6.41. The molecule has 4 nitrogen and oxygen atoms in total. The lowest BCUT2D eigenvalue weighted by Crippen LogP contribution is -2.42. The number of likely N-dealkylation sites (N-methyl/N-ethyl adjacent to an activating group) is 1. The Balaban J connectivity index is 1.95. The van der Waals surface area contributed by atoms with E-state index < -0.39 is 5.97 Å². The summed E-state index contributed by atoms with van der Waals surface area (Å²) in [5, 5.41) is 9.09. The highest BCUT2D eigenvalue weighted by atomic mass is 16.4. The van der Waals surface area contributed by atoms with Crippen molar-refractivity contribution in [3.05, 3.63) is 35.4 Å². The first-order valence-electron chi connectivity index (χ1n) is 8.97. The molecule has 0 saturated heterocycles. The van der Waals surface area contributed by atoms with E-state index in [0.717, 1.165) is 12.8 Å². The van der Waals surface area contributed by atoms with Gasteiger partial charge in [0.25, 0.3) is 0 Å². The summed E-state index contributed by atoms with van der Waals surface area (Å²) in [6.45, 7) is 4.19. The molecule has 1 atom stereocenters. The van der Waals surface area contributed by atoms with E-state index in [-0.39, 0.29) is 23.8 Å². The van der Waals surface area contributed by atoms with Crippen LogP contribution in [0.2, 0.25) is 0 Å². The molecule has 1 unspecified atom stereocenters. The molecule has 1 saturated carbocycles. The number of aryl methyl sites for hydroxylation is 1. The molecule has 1 amide bonds. The minimum Gasteiger partial charge on any atom is -0.481 e. The summed E-state index contributed by atoms with van der Waals surface area (Å²) in [5.41, 5.74) is 2.49. The maximum Gasteiger partial charge on any atom is 0.306 e. The molecule has 0 heterocycles. The summed E-state index contributed by atoms with van der Waals surface area (Å²) >= 11 is 0. The fraction of sp³-hybridized carbons (Fsp3) is 0.600. The predicted octanol–water partition coefficient (Wildman–Crippen LogP) is 3.67. The van der Waals surface area contributed by atoms with Gasteiger partial charge in [0.15, 0.2) is 0 Å². The zero-order chi connectivity index (χ0) is 17.7. The van der Waals surface area contributed by atoms with Crippen molar-refractivity contribution in [2.24, 2.45) is 11.8 Å². The van der Waals surface area contributed by atoms with Crippen molar-refractivity contribution in [2.75, 3.05) is 7.05 Å². The average molecular weight is 331 g/mol. The van der Waals surface area contributed by atoms with E-state index in [1.165, 1.54) is 11.1 Å². The second-order valence-corrected chi connectivity index (χ2v) is 7.09. The quantitative estimate of drug-likeness (QED) is 0.865. The number of hydrogen-bond acceptors (Lipinski definition) is 2. The van der Waals surface area contributed by atoms with Crippen LogP contribution in [0.15, 0.2) is 24.3 Å². The highest BCUT2D eigenvalue weighted by molar-refractivity contribution is 5.79. The monoisotopic (exact) mass is 331 g/mol. The first-order valence-corrected chi connectivity index (χ1v) is 8.97. The number of aliphatic carboxylic acids is 1. The van der Waals surface area contributed by atoms with Crippen LogP contribution in [0.1, 0.15) is 50.2 Å². The normalized spacial score (nSPS) is 22.0. The second-order valence-electron chi connectivity index (χ2n) is 7.09. The lowest BCUT2D eigenvalue weighted by Gasteiger charge is -2.33. The van der Waals surface area contributed by atoms with Crippen LogP contribution in [0.25, 0.3) is 0 Å². The molecule has 0 aromatic heterocycles. The smallest absolute Gasteiger partial charge is 0.306 e. The molecule has 24 heavy (non-hydrogen) atoms. The molecule has 0 radical (unpaired) electrons. The molecule has 0 spiro atoms. The Labute approximate surface area is 144 Å². The first kappa shape index (κ1) is 18.5. The van der Waals surface area contributed by atoms with Crippen LogP contribution in [0.5, 0.6) is 0 Å². The Morgan fingerprint density at radius 2 is 1.67 bits per heavy atom. The summed E-state index contributed by atoms with van der Waals surface area (Å²) in [6, 6.07) is 8.68. The zero-order valence-electron chi connectivity index (χ0n) is 15.0. The molecule has 1 fully saturated rings. The van der Waals surface area contributed by atoms with Crippen LogP contribution in [-0.4, -0.2) is 35.0 Å². The number of rotatable bonds is 6. The number of hydrogen-bond donors (Lipinski definition) is 1. The Morgan fingerprint density at radius 3 is 2.17 bits per heavy atom. The van der Waals surface area contributed by atoms with Crippen molar-refractivity contribution in [3.63, 3.8) is 0 Å². The zero-order valence-corrected chi connectivity index (χ0v) is 15.0. The molecule has 1 aromatic carbocycles. The van der Waals surface area contributed by atoms with Crippen molar-refractivity contribution >= 4 is 11.9 Å². The van der Waals surface area contributed by atoms with Gasteiger partial charge in [-0.3, -0.25) is 9.59 Å². The lowest BCUT2D eigenvalue weighted by atomic mass is 9.81. The van der Waals surface area contributed by atoms with E-state index in [1.807, 2.05) is 11.9 Å². The Hall–Kier alpha value is -1.84. The van der Waals surface area contributed by atoms with Crippen molar-refractivity contribution in [2.45, 2.75) is 58.4 Å². The van der Waals surface area contributed by atoms with Crippen LogP contribution >= 0.6 is 0 Å². The number of carboxylic acids is 1. The highest BCUT2D eigenvalue weighted by Gasteiger charge is 2.32. The number of carboxylic acid groups (broad SMARTS) is 1. The third kappa shape index (κ3) is 4.59. The minimum absolute atomic E-state index is 0.0160. The van der Waals surface area contributed by atoms with Gasteiger partial charge in [-0.15, -0.1) is 0 Å². The predicted molar refractivity (Wildman–Crippen MR) is 94.8 cm³/mol. The average Bonchev–Trinajstić information content (AvgIpc) is 2.60. The topological polar surface area (TPSA) is 57.6 Å². The maximum atomic E-state index is 12.8. The van der Waals surface area contributed by atoms with E-state index in [2.05, 4.69) is 38.1 Å². The number of carbonyl (C=O) groups excluding carboxylic acids is 1. The number of carbonyl (C=O) groups is 2. The molecule has 0 aliphatic heterocycles. The Morgan fingerprint density at radius 1 is 1.12 bits per heavy atom. The molecule has 4 heteroatoms. The van der Waals surface area contributed by atoms with E-state index in [9.17, 15) is 9.59 Å². The highest BCUT2D eigenvalue weighted by Crippen LogP contribution is 2.30. The second kappa shape index (κ2) is 8.32. The maximum absolute atomic E-state index is 12.8. The molecule has 1 aliphatic carbocycles. The van der Waals surface area contributed by atoms with Gasteiger partial charge < -0.3 is 10.0 Å². The fourth-order valence-electron chi connectivity index (χ4n) is 3.61. The van der Waals surface area contributed by atoms with E-state index in [1.54, 1.807) is 0 Å². The van der Waals surface area contributed by atoms with E-state index in [4.69, 9.17) is 5.11 Å². The minimum atomic E-state index is -0.722. The largest absolute Gasteiger partial charge is 0.481 e. The molecule has 1 N–H and O–H groups in total. The lowest BCUT2D eigenvalue weighted by molar-refractivity contribution is -0.146. The SMILES string of the molecule is CCC(Cc1ccc(C)cc1)N(C)C(=O)C1CCC(C(=O)O)CC1. The van der Waals surface area contributed by atoms with Crippen LogP contribution < -0.4 is 0 Å². The summed E-state index contributed by atoms with van der Waals surface area (Å²) < 4.78 is 0. The Bertz CT molecular complexity index is 559. The van der Waals surface area contributed by atoms with Crippen molar-refractivity contribution in [3.8, 4) is 0 Å². The van der Waals surface area contributed by atoms with Gasteiger partial charge in [-0.1, -0.05) is 36.8 Å². The third-order valence-electron chi connectivity index (χ3n) is 5.38. The molecular formula is C20H29NO3. The fourth-order valence-corrected chi connectivity index (χ4v) is 3.61. The molecule has 132 valence electrons. The first-order chi connectivity index (χ1) is 11.4. The summed E-state index contributed by atoms with van der Waals surface area (Å²) in [6.07, 6.45) is 4.41. The van der Waals surface area contributed by atoms with Crippen molar-refractivity contribution in [1.29, 1.82) is 0 Å². The van der Waals surface area contributed by atoms with Crippen molar-refractivity contribution < 1.29 is 14.7 Å². The van der Waals surface area contributed by atoms with Gasteiger partial charge in [-0.05, 0) is 51.0 Å². The van der Waals surface area contributed by atoms with Gasteiger partial charge in [0, 0.05) is 19.0 Å². The standard InChI is InChI=1S/C20H29NO3/c1-4-18(13-15-7-5-14(2)6-8-15)21(3)19(22)16-9-11-17(12-10-16)20(23)24/h5-8,16-18H,4,9-13H2,1-3H3,(H,23,24). The molecular weight excluding hydrogens is 302 g/mol. The summed E-state index contributed by atoms with van der Waals surface area (Å²) in [7, 11) is 1.90. The number of benzene rings is 1. The summed E-state index contributed by atoms with van der Waals surface area (Å²) in [5.74, 6) is -0.829. The number of nitrogens with zero attached hydrogens (tertiary/aromatic N) is 1. The molecule has 0 bridgehead atoms. The van der Waals surface area contributed by atoms with Gasteiger partial charge in [0.05, 0.1) is 5.92 Å². The third-order valence-corrected chi connectivity index (χ3v) is 5.38. The van der Waals surface area contributed by atoms with Crippen LogP contribution in [0, 0.1) is 18.8 Å². The van der Waals surface area contributed by atoms with Gasteiger partial charge in [0.1, 0.15) is 0 Å².